The first-order valence-electron chi connectivity index (χ1n) is 4.75. The summed E-state index contributed by atoms with van der Waals surface area (Å²) in [6, 6.07) is 7.11. The highest BCUT2D eigenvalue weighted by Crippen LogP contribution is 2.40. The minimum absolute atomic E-state index is 0.569. The molecule has 3 nitrogen and oxygen atoms in total. The van der Waals surface area contributed by atoms with Crippen LogP contribution in [0, 0.1) is 0 Å². The van der Waals surface area contributed by atoms with E-state index in [1.807, 2.05) is 13.8 Å². The maximum Gasteiger partial charge on any atom is 0.397 e. The number of benzene rings is 1. The lowest BCUT2D eigenvalue weighted by atomic mass is 10.3. The van der Waals surface area contributed by atoms with Gasteiger partial charge in [-0.25, -0.2) is 0 Å². The fourth-order valence-corrected chi connectivity index (χ4v) is 1.90. The maximum absolute atomic E-state index is 5.76. The number of rotatable bonds is 6. The van der Waals surface area contributed by atoms with Crippen LogP contribution in [0.4, 0.5) is 0 Å². The Hall–Kier alpha value is -0.340. The average molecular weight is 249 g/mol. The van der Waals surface area contributed by atoms with Crippen molar-refractivity contribution >= 4 is 20.2 Å². The van der Waals surface area contributed by atoms with E-state index in [1.165, 1.54) is 0 Å². The first-order chi connectivity index (χ1) is 7.26. The summed E-state index contributed by atoms with van der Waals surface area (Å²) < 4.78 is 16.1. The van der Waals surface area contributed by atoms with Crippen LogP contribution in [0.2, 0.25) is 5.02 Å². The summed E-state index contributed by atoms with van der Waals surface area (Å²) in [6.07, 6.45) is 0. The van der Waals surface area contributed by atoms with Crippen LogP contribution in [0.25, 0.3) is 0 Å². The Morgan fingerprint density at radius 3 is 2.07 bits per heavy atom. The topological polar surface area (TPSA) is 27.7 Å². The molecule has 0 fully saturated rings. The number of hydrogen-bond acceptors (Lipinski definition) is 3. The summed E-state index contributed by atoms with van der Waals surface area (Å²) in [5.74, 6) is 0.701. The van der Waals surface area contributed by atoms with E-state index < -0.39 is 8.60 Å². The van der Waals surface area contributed by atoms with E-state index >= 15 is 0 Å². The van der Waals surface area contributed by atoms with Gasteiger partial charge in [0.15, 0.2) is 0 Å². The van der Waals surface area contributed by atoms with Crippen LogP contribution in [0.5, 0.6) is 5.75 Å². The Labute approximate surface area is 96.3 Å². The second-order valence-corrected chi connectivity index (χ2v) is 4.19. The van der Waals surface area contributed by atoms with Gasteiger partial charge in [-0.2, -0.15) is 0 Å². The molecule has 0 aliphatic rings. The Morgan fingerprint density at radius 2 is 1.60 bits per heavy atom. The van der Waals surface area contributed by atoms with E-state index in [0.29, 0.717) is 24.0 Å². The van der Waals surface area contributed by atoms with Gasteiger partial charge in [0.25, 0.3) is 0 Å². The van der Waals surface area contributed by atoms with Crippen LogP contribution < -0.4 is 4.52 Å². The smallest absolute Gasteiger partial charge is 0.397 e. The van der Waals surface area contributed by atoms with Crippen molar-refractivity contribution < 1.29 is 13.6 Å². The van der Waals surface area contributed by atoms with Gasteiger partial charge >= 0.3 is 8.60 Å². The summed E-state index contributed by atoms with van der Waals surface area (Å²) in [5, 5.41) is 0.680. The normalized spacial score (nSPS) is 10.7. The van der Waals surface area contributed by atoms with Gasteiger partial charge in [0.05, 0.1) is 13.2 Å². The molecule has 0 unspecified atom stereocenters. The quantitative estimate of drug-likeness (QED) is 0.712. The highest BCUT2D eigenvalue weighted by molar-refractivity contribution is 7.42. The van der Waals surface area contributed by atoms with E-state index in [4.69, 9.17) is 25.2 Å². The molecule has 0 spiro atoms. The van der Waals surface area contributed by atoms with Gasteiger partial charge in [-0.3, -0.25) is 0 Å². The van der Waals surface area contributed by atoms with Crippen molar-refractivity contribution in [2.45, 2.75) is 13.8 Å². The van der Waals surface area contributed by atoms with Crippen LogP contribution in [0.1, 0.15) is 13.8 Å². The molecule has 0 radical (unpaired) electrons. The van der Waals surface area contributed by atoms with Crippen LogP contribution in [0.15, 0.2) is 24.3 Å². The SMILES string of the molecule is CCOP(OCC)Oc1ccc(Cl)cc1. The Morgan fingerprint density at radius 1 is 1.07 bits per heavy atom. The van der Waals surface area contributed by atoms with E-state index in [9.17, 15) is 0 Å². The third kappa shape index (κ3) is 4.80. The largest absolute Gasteiger partial charge is 0.427 e. The molecule has 1 aromatic carbocycles. The minimum atomic E-state index is -1.29. The van der Waals surface area contributed by atoms with Gasteiger partial charge in [0.1, 0.15) is 5.75 Å². The van der Waals surface area contributed by atoms with E-state index in [2.05, 4.69) is 0 Å². The zero-order valence-corrected chi connectivity index (χ0v) is 10.4. The molecule has 0 saturated carbocycles. The predicted octanol–water partition coefficient (Wildman–Crippen LogP) is 4.02. The molecule has 0 atom stereocenters. The molecule has 1 aromatic rings. The van der Waals surface area contributed by atoms with Gasteiger partial charge in [-0.05, 0) is 38.1 Å². The van der Waals surface area contributed by atoms with Crippen LogP contribution in [-0.4, -0.2) is 13.2 Å². The molecule has 0 N–H and O–H groups in total. The van der Waals surface area contributed by atoms with Crippen molar-refractivity contribution in [1.29, 1.82) is 0 Å². The zero-order chi connectivity index (χ0) is 11.1. The monoisotopic (exact) mass is 248 g/mol. The summed E-state index contributed by atoms with van der Waals surface area (Å²) >= 11 is 5.76. The average Bonchev–Trinajstić information content (AvgIpc) is 2.22. The lowest BCUT2D eigenvalue weighted by Crippen LogP contribution is -1.96. The third-order valence-corrected chi connectivity index (χ3v) is 3.01. The molecule has 0 aliphatic carbocycles. The molecule has 0 saturated heterocycles. The Bertz CT molecular complexity index is 273. The Balaban J connectivity index is 2.53. The molecule has 84 valence electrons. The van der Waals surface area contributed by atoms with Gasteiger partial charge < -0.3 is 13.6 Å². The van der Waals surface area contributed by atoms with Crippen LogP contribution >= 0.6 is 20.2 Å². The third-order valence-electron chi connectivity index (χ3n) is 1.46. The van der Waals surface area contributed by atoms with Crippen molar-refractivity contribution in [3.05, 3.63) is 29.3 Å². The molecule has 1 rings (SSSR count). The highest BCUT2D eigenvalue weighted by atomic mass is 35.5. The lowest BCUT2D eigenvalue weighted by Gasteiger charge is -2.15. The van der Waals surface area contributed by atoms with E-state index in [1.54, 1.807) is 24.3 Å². The van der Waals surface area contributed by atoms with Gasteiger partial charge in [-0.15, -0.1) is 0 Å². The summed E-state index contributed by atoms with van der Waals surface area (Å²) in [6.45, 7) is 4.94. The molecule has 15 heavy (non-hydrogen) atoms. The summed E-state index contributed by atoms with van der Waals surface area (Å²) in [7, 11) is -1.29. The maximum atomic E-state index is 5.76. The van der Waals surface area contributed by atoms with Crippen molar-refractivity contribution in [3.8, 4) is 5.75 Å². The lowest BCUT2D eigenvalue weighted by molar-refractivity contribution is 0.221. The fourth-order valence-electron chi connectivity index (χ4n) is 0.882. The van der Waals surface area contributed by atoms with Crippen molar-refractivity contribution in [1.82, 2.24) is 0 Å². The molecule has 0 aromatic heterocycles. The van der Waals surface area contributed by atoms with Crippen LogP contribution in [-0.2, 0) is 9.05 Å². The highest BCUT2D eigenvalue weighted by Gasteiger charge is 2.12. The standard InChI is InChI=1S/C10H14ClO3P/c1-3-12-15(13-4-2)14-10-7-5-9(11)6-8-10/h5-8H,3-4H2,1-2H3. The van der Waals surface area contributed by atoms with Gasteiger partial charge in [-0.1, -0.05) is 11.6 Å². The van der Waals surface area contributed by atoms with Crippen molar-refractivity contribution in [3.63, 3.8) is 0 Å². The van der Waals surface area contributed by atoms with Gasteiger partial charge in [0, 0.05) is 5.02 Å². The van der Waals surface area contributed by atoms with Crippen LogP contribution in [0.3, 0.4) is 0 Å². The first kappa shape index (κ1) is 12.7. The van der Waals surface area contributed by atoms with Gasteiger partial charge in [0.2, 0.25) is 0 Å². The zero-order valence-electron chi connectivity index (χ0n) is 8.77. The molecule has 0 bridgehead atoms. The van der Waals surface area contributed by atoms with E-state index in [-0.39, 0.29) is 0 Å². The molecular weight excluding hydrogens is 235 g/mol. The van der Waals surface area contributed by atoms with Crippen molar-refractivity contribution in [2.24, 2.45) is 0 Å². The van der Waals surface area contributed by atoms with E-state index in [0.717, 1.165) is 0 Å². The molecule has 0 amide bonds. The second kappa shape index (κ2) is 7.02. The summed E-state index contributed by atoms with van der Waals surface area (Å²) in [4.78, 5) is 0. The minimum Gasteiger partial charge on any atom is -0.427 e. The molecule has 0 aliphatic heterocycles. The first-order valence-corrected chi connectivity index (χ1v) is 6.23. The fraction of sp³-hybridized carbons (Fsp3) is 0.400. The second-order valence-electron chi connectivity index (χ2n) is 2.60. The predicted molar refractivity (Wildman–Crippen MR) is 62.3 cm³/mol. The van der Waals surface area contributed by atoms with Crippen molar-refractivity contribution in [2.75, 3.05) is 13.2 Å². The molecule has 5 heteroatoms. The number of hydrogen-bond donors (Lipinski definition) is 0. The Kier molecular flexibility index (Phi) is 5.96. The molecule has 0 heterocycles. The summed E-state index contributed by atoms with van der Waals surface area (Å²) in [5.41, 5.74) is 0. The number of halogens is 1. The molecular formula is C10H14ClO3P.